The first-order valence-corrected chi connectivity index (χ1v) is 4.20. The highest BCUT2D eigenvalue weighted by Gasteiger charge is 2.08. The van der Waals surface area contributed by atoms with Crippen LogP contribution in [-0.4, -0.2) is 21.7 Å². The zero-order valence-corrected chi connectivity index (χ0v) is 7.90. The molecule has 0 aliphatic carbocycles. The van der Waals surface area contributed by atoms with Gasteiger partial charge in [0, 0.05) is 19.7 Å². The average molecular weight is 192 g/mol. The Labute approximate surface area is 82.3 Å². The van der Waals surface area contributed by atoms with E-state index in [1.165, 1.54) is 0 Å². The maximum atomic E-state index is 10.4. The van der Waals surface area contributed by atoms with Gasteiger partial charge in [-0.1, -0.05) is 5.92 Å². The summed E-state index contributed by atoms with van der Waals surface area (Å²) in [7, 11) is 1.88. The van der Waals surface area contributed by atoms with Gasteiger partial charge in [0.05, 0.1) is 5.69 Å². The molecule has 74 valence electrons. The molecule has 0 saturated heterocycles. The van der Waals surface area contributed by atoms with Crippen LogP contribution in [0.3, 0.4) is 0 Å². The fraction of sp³-hybridized carbons (Fsp3) is 0.300. The van der Waals surface area contributed by atoms with Crippen LogP contribution in [0.1, 0.15) is 12.1 Å². The first-order valence-electron chi connectivity index (χ1n) is 4.20. The maximum Gasteiger partial charge on any atom is 0.321 e. The van der Waals surface area contributed by atoms with E-state index in [0.717, 1.165) is 5.69 Å². The van der Waals surface area contributed by atoms with E-state index in [2.05, 4.69) is 11.8 Å². The molecule has 0 aliphatic rings. The summed E-state index contributed by atoms with van der Waals surface area (Å²) in [4.78, 5) is 10.4. The average Bonchev–Trinajstić information content (AvgIpc) is 2.51. The van der Waals surface area contributed by atoms with Gasteiger partial charge in [-0.3, -0.25) is 4.79 Å². The van der Waals surface area contributed by atoms with Crippen molar-refractivity contribution in [3.05, 3.63) is 24.0 Å². The molecule has 0 fully saturated rings. The van der Waals surface area contributed by atoms with E-state index < -0.39 is 12.0 Å². The third-order valence-corrected chi connectivity index (χ3v) is 1.80. The molecule has 0 spiro atoms. The molecule has 1 unspecified atom stereocenters. The van der Waals surface area contributed by atoms with Gasteiger partial charge in [-0.25, -0.2) is 0 Å². The second-order valence-corrected chi connectivity index (χ2v) is 2.95. The summed E-state index contributed by atoms with van der Waals surface area (Å²) in [6.45, 7) is 0. The normalized spacial score (nSPS) is 11.6. The smallest absolute Gasteiger partial charge is 0.321 e. The topological polar surface area (TPSA) is 68.2 Å². The number of aliphatic carboxylic acids is 1. The van der Waals surface area contributed by atoms with Gasteiger partial charge in [0.15, 0.2) is 0 Å². The van der Waals surface area contributed by atoms with Gasteiger partial charge in [-0.2, -0.15) is 0 Å². The van der Waals surface area contributed by atoms with Crippen molar-refractivity contribution in [3.8, 4) is 11.8 Å². The second-order valence-electron chi connectivity index (χ2n) is 2.95. The SMILES string of the molecule is Cn1cccc1C#CCC(N)C(=O)O. The van der Waals surface area contributed by atoms with Crippen molar-refractivity contribution in [2.75, 3.05) is 0 Å². The molecular weight excluding hydrogens is 180 g/mol. The van der Waals surface area contributed by atoms with Crippen molar-refractivity contribution in [3.63, 3.8) is 0 Å². The summed E-state index contributed by atoms with van der Waals surface area (Å²) in [5.74, 6) is 4.56. The fourth-order valence-electron chi connectivity index (χ4n) is 0.930. The lowest BCUT2D eigenvalue weighted by atomic mass is 10.2. The monoisotopic (exact) mass is 192 g/mol. The van der Waals surface area contributed by atoms with Crippen LogP contribution in [0.5, 0.6) is 0 Å². The number of nitrogens with zero attached hydrogens (tertiary/aromatic N) is 1. The van der Waals surface area contributed by atoms with E-state index in [0.29, 0.717) is 0 Å². The molecule has 3 N–H and O–H groups in total. The first kappa shape index (κ1) is 10.4. The van der Waals surface area contributed by atoms with Crippen LogP contribution < -0.4 is 5.73 Å². The Morgan fingerprint density at radius 3 is 3.00 bits per heavy atom. The summed E-state index contributed by atoms with van der Waals surface area (Å²) >= 11 is 0. The predicted molar refractivity (Wildman–Crippen MR) is 52.5 cm³/mol. The second kappa shape index (κ2) is 4.49. The van der Waals surface area contributed by atoms with Gasteiger partial charge in [0.2, 0.25) is 0 Å². The first-order chi connectivity index (χ1) is 6.61. The molecule has 0 aliphatic heterocycles. The zero-order valence-electron chi connectivity index (χ0n) is 7.90. The van der Waals surface area contributed by atoms with Crippen molar-refractivity contribution in [2.45, 2.75) is 12.5 Å². The summed E-state index contributed by atoms with van der Waals surface area (Å²) in [6.07, 6.45) is 2.04. The minimum Gasteiger partial charge on any atom is -0.480 e. The molecule has 1 heterocycles. The van der Waals surface area contributed by atoms with E-state index in [4.69, 9.17) is 10.8 Å². The molecule has 0 amide bonds. The van der Waals surface area contributed by atoms with Gasteiger partial charge in [-0.15, -0.1) is 0 Å². The van der Waals surface area contributed by atoms with Gasteiger partial charge in [-0.05, 0) is 18.1 Å². The zero-order chi connectivity index (χ0) is 10.6. The molecule has 14 heavy (non-hydrogen) atoms. The molecule has 0 radical (unpaired) electrons. The summed E-state index contributed by atoms with van der Waals surface area (Å²) in [6, 6.07) is 2.84. The molecule has 0 aromatic carbocycles. The van der Waals surface area contributed by atoms with E-state index in [-0.39, 0.29) is 6.42 Å². The Morgan fingerprint density at radius 1 is 1.79 bits per heavy atom. The standard InChI is InChI=1S/C10H12N2O2/c1-12-7-3-5-8(12)4-2-6-9(11)10(13)14/h3,5,7,9H,6,11H2,1H3,(H,13,14). The minimum atomic E-state index is -1.02. The van der Waals surface area contributed by atoms with Crippen LogP contribution >= 0.6 is 0 Å². The van der Waals surface area contributed by atoms with Gasteiger partial charge in [0.25, 0.3) is 0 Å². The molecule has 0 bridgehead atoms. The van der Waals surface area contributed by atoms with Crippen molar-refractivity contribution < 1.29 is 9.90 Å². The van der Waals surface area contributed by atoms with Crippen molar-refractivity contribution in [1.82, 2.24) is 4.57 Å². The van der Waals surface area contributed by atoms with E-state index in [9.17, 15) is 4.79 Å². The minimum absolute atomic E-state index is 0.167. The number of nitrogens with two attached hydrogens (primary N) is 1. The maximum absolute atomic E-state index is 10.4. The van der Waals surface area contributed by atoms with E-state index in [1.54, 1.807) is 0 Å². The molecule has 4 heteroatoms. The summed E-state index contributed by atoms with van der Waals surface area (Å²) in [5.41, 5.74) is 6.13. The number of carboxylic acid groups (broad SMARTS) is 1. The van der Waals surface area contributed by atoms with Crippen LogP contribution in [0, 0.1) is 11.8 Å². The lowest BCUT2D eigenvalue weighted by Gasteiger charge is -1.98. The number of rotatable bonds is 2. The Kier molecular flexibility index (Phi) is 3.32. The number of aryl methyl sites for hydroxylation is 1. The lowest BCUT2D eigenvalue weighted by Crippen LogP contribution is -2.29. The fourth-order valence-corrected chi connectivity index (χ4v) is 0.930. The molecule has 1 atom stereocenters. The highest BCUT2D eigenvalue weighted by Crippen LogP contribution is 1.96. The Bertz CT molecular complexity index is 384. The van der Waals surface area contributed by atoms with Gasteiger partial charge >= 0.3 is 5.97 Å². The van der Waals surface area contributed by atoms with Crippen molar-refractivity contribution in [1.29, 1.82) is 0 Å². The highest BCUT2D eigenvalue weighted by molar-refractivity contribution is 5.73. The molecule has 1 aromatic heterocycles. The third-order valence-electron chi connectivity index (χ3n) is 1.80. The van der Waals surface area contributed by atoms with Crippen molar-refractivity contribution >= 4 is 5.97 Å². The van der Waals surface area contributed by atoms with E-state index in [1.807, 2.05) is 29.9 Å². The van der Waals surface area contributed by atoms with Gasteiger partial charge in [0.1, 0.15) is 6.04 Å². The van der Waals surface area contributed by atoms with Crippen LogP contribution in [0.15, 0.2) is 18.3 Å². The summed E-state index contributed by atoms with van der Waals surface area (Å²) < 4.78 is 1.86. The number of aromatic nitrogens is 1. The Hall–Kier alpha value is -1.73. The third kappa shape index (κ3) is 2.64. The predicted octanol–water partition coefficient (Wildman–Crippen LogP) is 0.179. The van der Waals surface area contributed by atoms with Gasteiger partial charge < -0.3 is 15.4 Å². The largest absolute Gasteiger partial charge is 0.480 e. The number of hydrogen-bond donors (Lipinski definition) is 2. The Morgan fingerprint density at radius 2 is 2.50 bits per heavy atom. The number of carboxylic acids is 1. The summed E-state index contributed by atoms with van der Waals surface area (Å²) in [5, 5.41) is 8.50. The van der Waals surface area contributed by atoms with Crippen molar-refractivity contribution in [2.24, 2.45) is 12.8 Å². The van der Waals surface area contributed by atoms with E-state index >= 15 is 0 Å². The Balaban J connectivity index is 2.57. The lowest BCUT2D eigenvalue weighted by molar-refractivity contribution is -0.138. The molecule has 4 nitrogen and oxygen atoms in total. The molecule has 1 aromatic rings. The highest BCUT2D eigenvalue weighted by atomic mass is 16.4. The molecular formula is C10H12N2O2. The quantitative estimate of drug-likeness (QED) is 0.657. The molecule has 0 saturated carbocycles. The van der Waals surface area contributed by atoms with Crippen LogP contribution in [-0.2, 0) is 11.8 Å². The van der Waals surface area contributed by atoms with Crippen LogP contribution in [0.4, 0.5) is 0 Å². The number of hydrogen-bond acceptors (Lipinski definition) is 2. The van der Waals surface area contributed by atoms with Crippen LogP contribution in [0.2, 0.25) is 0 Å². The molecule has 1 rings (SSSR count). The number of carbonyl (C=O) groups is 1. The van der Waals surface area contributed by atoms with Crippen LogP contribution in [0.25, 0.3) is 0 Å².